The first-order chi connectivity index (χ1) is 9.77. The highest BCUT2D eigenvalue weighted by Crippen LogP contribution is 2.32. The van der Waals surface area contributed by atoms with Gasteiger partial charge in [0, 0.05) is 19.0 Å². The van der Waals surface area contributed by atoms with Crippen molar-refractivity contribution in [3.8, 4) is 0 Å². The van der Waals surface area contributed by atoms with Gasteiger partial charge in [0.05, 0.1) is 6.04 Å². The van der Waals surface area contributed by atoms with Crippen molar-refractivity contribution in [1.29, 1.82) is 0 Å². The predicted molar refractivity (Wildman–Crippen MR) is 79.8 cm³/mol. The van der Waals surface area contributed by atoms with Gasteiger partial charge in [-0.15, -0.1) is 0 Å². The number of nitrogens with zero attached hydrogens (tertiary/aromatic N) is 1. The van der Waals surface area contributed by atoms with Crippen molar-refractivity contribution in [2.75, 3.05) is 6.61 Å². The summed E-state index contributed by atoms with van der Waals surface area (Å²) in [6, 6.07) is 12.0. The second kappa shape index (κ2) is 7.14. The molecule has 1 aromatic heterocycles. The molecule has 0 fully saturated rings. The van der Waals surface area contributed by atoms with E-state index in [1.165, 1.54) is 0 Å². The smallest absolute Gasteiger partial charge is 0.103 e. The van der Waals surface area contributed by atoms with Crippen molar-refractivity contribution in [2.45, 2.75) is 26.0 Å². The fourth-order valence-electron chi connectivity index (χ4n) is 2.35. The van der Waals surface area contributed by atoms with E-state index in [2.05, 4.69) is 29.5 Å². The van der Waals surface area contributed by atoms with E-state index in [-0.39, 0.29) is 12.1 Å². The molecular weight excluding hydrogens is 250 g/mol. The zero-order valence-electron chi connectivity index (χ0n) is 11.9. The van der Waals surface area contributed by atoms with Gasteiger partial charge in [0.2, 0.25) is 0 Å². The number of pyridine rings is 1. The van der Waals surface area contributed by atoms with Crippen LogP contribution in [0, 0.1) is 6.92 Å². The Morgan fingerprint density at radius 3 is 2.60 bits per heavy atom. The second-order valence-corrected chi connectivity index (χ2v) is 4.66. The molecule has 2 aromatic rings. The summed E-state index contributed by atoms with van der Waals surface area (Å²) in [5.41, 5.74) is 6.17. The van der Waals surface area contributed by atoms with Crippen LogP contribution < -0.4 is 11.3 Å². The molecule has 0 saturated carbocycles. The summed E-state index contributed by atoms with van der Waals surface area (Å²) in [7, 11) is 0. The summed E-state index contributed by atoms with van der Waals surface area (Å²) < 4.78 is 5.92. The molecule has 2 atom stereocenters. The second-order valence-electron chi connectivity index (χ2n) is 4.66. The van der Waals surface area contributed by atoms with Gasteiger partial charge in [-0.05, 0) is 36.6 Å². The molecule has 2 rings (SSSR count). The van der Waals surface area contributed by atoms with Crippen LogP contribution in [0.3, 0.4) is 0 Å². The summed E-state index contributed by atoms with van der Waals surface area (Å²) in [6.45, 7) is 4.66. The monoisotopic (exact) mass is 271 g/mol. The highest BCUT2D eigenvalue weighted by Gasteiger charge is 2.25. The maximum absolute atomic E-state index is 5.92. The van der Waals surface area contributed by atoms with Crippen LogP contribution in [0.5, 0.6) is 0 Å². The number of benzene rings is 1. The van der Waals surface area contributed by atoms with Gasteiger partial charge in [0.25, 0.3) is 0 Å². The minimum absolute atomic E-state index is 0.133. The lowest BCUT2D eigenvalue weighted by atomic mass is 9.94. The molecule has 0 radical (unpaired) electrons. The molecule has 0 aliphatic heterocycles. The lowest BCUT2D eigenvalue weighted by Gasteiger charge is -2.28. The largest absolute Gasteiger partial charge is 0.372 e. The van der Waals surface area contributed by atoms with E-state index in [0.717, 1.165) is 16.7 Å². The first kappa shape index (κ1) is 14.7. The van der Waals surface area contributed by atoms with Crippen molar-refractivity contribution in [3.05, 3.63) is 65.5 Å². The molecule has 0 amide bonds. The van der Waals surface area contributed by atoms with E-state index in [1.807, 2.05) is 37.4 Å². The highest BCUT2D eigenvalue weighted by molar-refractivity contribution is 5.29. The van der Waals surface area contributed by atoms with Gasteiger partial charge in [0.15, 0.2) is 0 Å². The third-order valence-electron chi connectivity index (χ3n) is 3.37. The van der Waals surface area contributed by atoms with Gasteiger partial charge >= 0.3 is 0 Å². The molecule has 3 N–H and O–H groups in total. The lowest BCUT2D eigenvalue weighted by Crippen LogP contribution is -2.34. The van der Waals surface area contributed by atoms with Crippen molar-refractivity contribution >= 4 is 0 Å². The van der Waals surface area contributed by atoms with Crippen molar-refractivity contribution in [3.63, 3.8) is 0 Å². The highest BCUT2D eigenvalue weighted by atomic mass is 16.5. The molecule has 4 nitrogen and oxygen atoms in total. The molecular formula is C16H21N3O. The number of nitrogens with two attached hydrogens (primary N) is 1. The molecule has 2 unspecified atom stereocenters. The van der Waals surface area contributed by atoms with E-state index >= 15 is 0 Å². The topological polar surface area (TPSA) is 60.2 Å². The van der Waals surface area contributed by atoms with Crippen LogP contribution in [0.2, 0.25) is 0 Å². The van der Waals surface area contributed by atoms with Gasteiger partial charge in [0.1, 0.15) is 6.10 Å². The SMILES string of the molecule is CCOC(c1ccccc1)C(NN)c1cnccc1C. The Labute approximate surface area is 120 Å². The third kappa shape index (κ3) is 3.22. The van der Waals surface area contributed by atoms with Crippen LogP contribution in [-0.4, -0.2) is 11.6 Å². The van der Waals surface area contributed by atoms with Crippen molar-refractivity contribution in [2.24, 2.45) is 5.84 Å². The minimum Gasteiger partial charge on any atom is -0.372 e. The zero-order valence-corrected chi connectivity index (χ0v) is 11.9. The Morgan fingerprint density at radius 1 is 1.25 bits per heavy atom. The number of hydrazine groups is 1. The van der Waals surface area contributed by atoms with Crippen LogP contribution in [-0.2, 0) is 4.74 Å². The van der Waals surface area contributed by atoms with Crippen molar-refractivity contribution in [1.82, 2.24) is 10.4 Å². The zero-order chi connectivity index (χ0) is 14.4. The summed E-state index contributed by atoms with van der Waals surface area (Å²) in [5.74, 6) is 5.78. The average molecular weight is 271 g/mol. The number of aromatic nitrogens is 1. The quantitative estimate of drug-likeness (QED) is 0.626. The third-order valence-corrected chi connectivity index (χ3v) is 3.37. The lowest BCUT2D eigenvalue weighted by molar-refractivity contribution is 0.0324. The van der Waals surface area contributed by atoms with Gasteiger partial charge < -0.3 is 4.74 Å². The molecule has 0 spiro atoms. The Kier molecular flexibility index (Phi) is 5.24. The van der Waals surface area contributed by atoms with Crippen LogP contribution in [0.15, 0.2) is 48.8 Å². The Hall–Kier alpha value is -1.75. The first-order valence-electron chi connectivity index (χ1n) is 6.81. The summed E-state index contributed by atoms with van der Waals surface area (Å²) in [4.78, 5) is 4.20. The molecule has 0 saturated heterocycles. The van der Waals surface area contributed by atoms with E-state index < -0.39 is 0 Å². The summed E-state index contributed by atoms with van der Waals surface area (Å²) in [6.07, 6.45) is 3.48. The molecule has 1 aromatic carbocycles. The van der Waals surface area contributed by atoms with Crippen LogP contribution >= 0.6 is 0 Å². The fraction of sp³-hybridized carbons (Fsp3) is 0.312. The van der Waals surface area contributed by atoms with Gasteiger partial charge in [-0.3, -0.25) is 10.8 Å². The maximum atomic E-state index is 5.92. The molecule has 1 heterocycles. The van der Waals surface area contributed by atoms with E-state index in [9.17, 15) is 0 Å². The Morgan fingerprint density at radius 2 is 2.00 bits per heavy atom. The van der Waals surface area contributed by atoms with Crippen LogP contribution in [0.1, 0.15) is 35.8 Å². The summed E-state index contributed by atoms with van der Waals surface area (Å²) >= 11 is 0. The number of nitrogens with one attached hydrogen (secondary N) is 1. The minimum atomic E-state index is -0.144. The molecule has 0 bridgehead atoms. The van der Waals surface area contributed by atoms with Gasteiger partial charge in [-0.2, -0.15) is 0 Å². The van der Waals surface area contributed by atoms with Crippen molar-refractivity contribution < 1.29 is 4.74 Å². The van der Waals surface area contributed by atoms with Crippen LogP contribution in [0.4, 0.5) is 0 Å². The standard InChI is InChI=1S/C16H21N3O/c1-3-20-16(13-7-5-4-6-8-13)15(19-17)14-11-18-10-9-12(14)2/h4-11,15-16,19H,3,17H2,1-2H3. The number of hydrogen-bond acceptors (Lipinski definition) is 4. The first-order valence-corrected chi connectivity index (χ1v) is 6.81. The number of ether oxygens (including phenoxy) is 1. The van der Waals surface area contributed by atoms with E-state index in [0.29, 0.717) is 6.61 Å². The number of hydrogen-bond donors (Lipinski definition) is 2. The molecule has 0 aliphatic rings. The summed E-state index contributed by atoms with van der Waals surface area (Å²) in [5, 5.41) is 0. The Balaban J connectivity index is 2.38. The molecule has 106 valence electrons. The Bertz CT molecular complexity index is 530. The van der Waals surface area contributed by atoms with Crippen LogP contribution in [0.25, 0.3) is 0 Å². The molecule has 4 heteroatoms. The molecule has 0 aliphatic carbocycles. The van der Waals surface area contributed by atoms with E-state index in [4.69, 9.17) is 10.6 Å². The van der Waals surface area contributed by atoms with Gasteiger partial charge in [-0.25, -0.2) is 5.43 Å². The van der Waals surface area contributed by atoms with Gasteiger partial charge in [-0.1, -0.05) is 30.3 Å². The predicted octanol–water partition coefficient (Wildman–Crippen LogP) is 2.67. The normalized spacial score (nSPS) is 13.9. The maximum Gasteiger partial charge on any atom is 0.103 e. The average Bonchev–Trinajstić information content (AvgIpc) is 2.50. The number of aryl methyl sites for hydroxylation is 1. The fourth-order valence-corrected chi connectivity index (χ4v) is 2.35. The molecule has 20 heavy (non-hydrogen) atoms. The van der Waals surface area contributed by atoms with E-state index in [1.54, 1.807) is 6.20 Å². The number of rotatable bonds is 6.